The molecule has 1 aromatic heterocycles. The van der Waals surface area contributed by atoms with Crippen molar-refractivity contribution in [3.63, 3.8) is 0 Å². The number of pyridine rings is 1. The second kappa shape index (κ2) is 7.55. The number of aromatic nitrogens is 1. The maximum absolute atomic E-state index is 12.8. The van der Waals surface area contributed by atoms with Crippen LogP contribution in [0.5, 0.6) is 5.75 Å². The Balaban J connectivity index is 1.74. The highest BCUT2D eigenvalue weighted by Crippen LogP contribution is 2.33. The minimum atomic E-state index is 0.135. The summed E-state index contributed by atoms with van der Waals surface area (Å²) in [7, 11) is 5.68. The number of nitrogens with zero attached hydrogens (tertiary/aromatic N) is 3. The van der Waals surface area contributed by atoms with Crippen molar-refractivity contribution in [1.29, 1.82) is 0 Å². The van der Waals surface area contributed by atoms with E-state index in [1.165, 1.54) is 5.56 Å². The van der Waals surface area contributed by atoms with E-state index in [-0.39, 0.29) is 11.9 Å². The highest BCUT2D eigenvalue weighted by Gasteiger charge is 2.30. The second-order valence-corrected chi connectivity index (χ2v) is 6.60. The third-order valence-corrected chi connectivity index (χ3v) is 4.71. The van der Waals surface area contributed by atoms with Crippen molar-refractivity contribution >= 4 is 11.6 Å². The number of carbonyl (C=O) groups excluding carboxylic acids is 1. The average Bonchev–Trinajstić information content (AvgIpc) is 3.12. The number of carbonyl (C=O) groups is 1. The van der Waals surface area contributed by atoms with Gasteiger partial charge >= 0.3 is 0 Å². The van der Waals surface area contributed by atoms with Gasteiger partial charge in [-0.25, -0.2) is 0 Å². The molecular weight excluding hydrogens is 314 g/mol. The second-order valence-electron chi connectivity index (χ2n) is 6.60. The zero-order valence-corrected chi connectivity index (χ0v) is 15.1. The summed E-state index contributed by atoms with van der Waals surface area (Å²) in [6, 6.07) is 12.3. The fourth-order valence-electron chi connectivity index (χ4n) is 3.31. The molecule has 5 nitrogen and oxygen atoms in total. The Hall–Kier alpha value is -2.56. The molecule has 1 aliphatic rings. The third kappa shape index (κ3) is 3.92. The van der Waals surface area contributed by atoms with Crippen LogP contribution in [0.1, 0.15) is 30.1 Å². The SMILES string of the molecule is COc1ccc(CC(=O)N2CCCC2c2cccc(N(C)C)c2)nc1. The first-order valence-corrected chi connectivity index (χ1v) is 8.64. The molecule has 5 heteroatoms. The third-order valence-electron chi connectivity index (χ3n) is 4.71. The number of hydrogen-bond acceptors (Lipinski definition) is 4. The summed E-state index contributed by atoms with van der Waals surface area (Å²) in [4.78, 5) is 21.2. The van der Waals surface area contributed by atoms with Crippen LogP contribution >= 0.6 is 0 Å². The van der Waals surface area contributed by atoms with E-state index in [1.54, 1.807) is 13.3 Å². The zero-order chi connectivity index (χ0) is 17.8. The van der Waals surface area contributed by atoms with Gasteiger partial charge in [-0.05, 0) is 42.7 Å². The van der Waals surface area contributed by atoms with Crippen molar-refractivity contribution in [2.75, 3.05) is 32.6 Å². The maximum atomic E-state index is 12.8. The standard InChI is InChI=1S/C20H25N3O2/c1-22(2)17-7-4-6-15(12-17)19-8-5-11-23(19)20(24)13-16-9-10-18(25-3)14-21-16/h4,6-7,9-10,12,14,19H,5,8,11,13H2,1-3H3. The van der Waals surface area contributed by atoms with E-state index in [9.17, 15) is 4.79 Å². The number of likely N-dealkylation sites (tertiary alicyclic amines) is 1. The van der Waals surface area contributed by atoms with Crippen LogP contribution in [-0.2, 0) is 11.2 Å². The van der Waals surface area contributed by atoms with E-state index in [0.29, 0.717) is 12.2 Å². The molecule has 1 amide bonds. The van der Waals surface area contributed by atoms with Crippen molar-refractivity contribution in [2.24, 2.45) is 0 Å². The van der Waals surface area contributed by atoms with Crippen LogP contribution < -0.4 is 9.64 Å². The van der Waals surface area contributed by atoms with Crippen LogP contribution in [-0.4, -0.2) is 43.5 Å². The first kappa shape index (κ1) is 17.3. The number of amides is 1. The summed E-state index contributed by atoms with van der Waals surface area (Å²) in [5, 5.41) is 0. The molecule has 0 saturated carbocycles. The molecule has 0 bridgehead atoms. The molecule has 2 heterocycles. The average molecular weight is 339 g/mol. The quantitative estimate of drug-likeness (QED) is 0.840. The van der Waals surface area contributed by atoms with Gasteiger partial charge in [-0.2, -0.15) is 0 Å². The molecular formula is C20H25N3O2. The topological polar surface area (TPSA) is 45.7 Å². The van der Waals surface area contributed by atoms with Crippen molar-refractivity contribution in [2.45, 2.75) is 25.3 Å². The van der Waals surface area contributed by atoms with Gasteiger partial charge in [-0.3, -0.25) is 9.78 Å². The minimum absolute atomic E-state index is 0.135. The zero-order valence-electron chi connectivity index (χ0n) is 15.1. The highest BCUT2D eigenvalue weighted by molar-refractivity contribution is 5.79. The molecule has 0 N–H and O–H groups in total. The number of methoxy groups -OCH3 is 1. The van der Waals surface area contributed by atoms with E-state index in [4.69, 9.17) is 4.74 Å². The Labute approximate surface area is 149 Å². The Morgan fingerprint density at radius 3 is 2.84 bits per heavy atom. The Morgan fingerprint density at radius 1 is 1.32 bits per heavy atom. The van der Waals surface area contributed by atoms with E-state index in [2.05, 4.69) is 34.1 Å². The number of ether oxygens (including phenoxy) is 1. The molecule has 132 valence electrons. The highest BCUT2D eigenvalue weighted by atomic mass is 16.5. The van der Waals surface area contributed by atoms with E-state index in [0.717, 1.165) is 30.8 Å². The lowest BCUT2D eigenvalue weighted by Crippen LogP contribution is -2.32. The van der Waals surface area contributed by atoms with Gasteiger partial charge < -0.3 is 14.5 Å². The van der Waals surface area contributed by atoms with Crippen LogP contribution in [0.15, 0.2) is 42.6 Å². The molecule has 3 rings (SSSR count). The molecule has 1 atom stereocenters. The van der Waals surface area contributed by atoms with Crippen molar-refractivity contribution in [3.05, 3.63) is 53.9 Å². The van der Waals surface area contributed by atoms with Gasteiger partial charge in [0.1, 0.15) is 5.75 Å². The van der Waals surface area contributed by atoms with E-state index >= 15 is 0 Å². The smallest absolute Gasteiger partial charge is 0.229 e. The molecule has 1 unspecified atom stereocenters. The van der Waals surface area contributed by atoms with E-state index in [1.807, 2.05) is 31.1 Å². The Kier molecular flexibility index (Phi) is 5.22. The normalized spacial score (nSPS) is 16.8. The Bertz CT molecular complexity index is 728. The predicted octanol–water partition coefficient (Wildman–Crippen LogP) is 3.06. The summed E-state index contributed by atoms with van der Waals surface area (Å²) in [6.45, 7) is 0.811. The molecule has 0 aliphatic carbocycles. The van der Waals surface area contributed by atoms with Crippen molar-refractivity contribution in [1.82, 2.24) is 9.88 Å². The molecule has 1 saturated heterocycles. The Morgan fingerprint density at radius 2 is 2.16 bits per heavy atom. The maximum Gasteiger partial charge on any atom is 0.229 e. The lowest BCUT2D eigenvalue weighted by Gasteiger charge is -2.26. The predicted molar refractivity (Wildman–Crippen MR) is 99.0 cm³/mol. The first-order valence-electron chi connectivity index (χ1n) is 8.64. The van der Waals surface area contributed by atoms with Gasteiger partial charge in [0.15, 0.2) is 0 Å². The van der Waals surface area contributed by atoms with Gasteiger partial charge in [-0.15, -0.1) is 0 Å². The molecule has 0 spiro atoms. The van der Waals surface area contributed by atoms with Crippen molar-refractivity contribution in [3.8, 4) is 5.75 Å². The van der Waals surface area contributed by atoms with Crippen molar-refractivity contribution < 1.29 is 9.53 Å². The lowest BCUT2D eigenvalue weighted by molar-refractivity contribution is -0.131. The molecule has 1 aliphatic heterocycles. The van der Waals surface area contributed by atoms with Crippen LogP contribution in [0.4, 0.5) is 5.69 Å². The lowest BCUT2D eigenvalue weighted by atomic mass is 10.0. The molecule has 2 aromatic rings. The fraction of sp³-hybridized carbons (Fsp3) is 0.400. The number of hydrogen-bond donors (Lipinski definition) is 0. The van der Waals surface area contributed by atoms with E-state index < -0.39 is 0 Å². The summed E-state index contributed by atoms with van der Waals surface area (Å²) in [6.07, 6.45) is 4.04. The van der Waals surface area contributed by atoms with Gasteiger partial charge in [0, 0.05) is 32.0 Å². The van der Waals surface area contributed by atoms with Crippen LogP contribution in [0.25, 0.3) is 0 Å². The first-order chi connectivity index (χ1) is 12.1. The summed E-state index contributed by atoms with van der Waals surface area (Å²) in [5.41, 5.74) is 3.15. The number of benzene rings is 1. The molecule has 25 heavy (non-hydrogen) atoms. The molecule has 1 aromatic carbocycles. The van der Waals surface area contributed by atoms with Crippen LogP contribution in [0, 0.1) is 0 Å². The van der Waals surface area contributed by atoms with Gasteiger partial charge in [0.25, 0.3) is 0 Å². The molecule has 1 fully saturated rings. The van der Waals surface area contributed by atoms with Gasteiger partial charge in [0.2, 0.25) is 5.91 Å². The van der Waals surface area contributed by atoms with Crippen LogP contribution in [0.3, 0.4) is 0 Å². The van der Waals surface area contributed by atoms with Gasteiger partial charge in [0.05, 0.1) is 25.8 Å². The summed E-state index contributed by atoms with van der Waals surface area (Å²) >= 11 is 0. The molecule has 0 radical (unpaired) electrons. The number of rotatable bonds is 5. The largest absolute Gasteiger partial charge is 0.495 e. The fourth-order valence-corrected chi connectivity index (χ4v) is 3.31. The summed E-state index contributed by atoms with van der Waals surface area (Å²) < 4.78 is 5.12. The van der Waals surface area contributed by atoms with Gasteiger partial charge in [-0.1, -0.05) is 12.1 Å². The minimum Gasteiger partial charge on any atom is -0.495 e. The monoisotopic (exact) mass is 339 g/mol. The van der Waals surface area contributed by atoms with Crippen LogP contribution in [0.2, 0.25) is 0 Å². The number of anilines is 1. The summed E-state index contributed by atoms with van der Waals surface area (Å²) in [5.74, 6) is 0.839.